The number of halogens is 2. The minimum absolute atomic E-state index is 0.293. The van der Waals surface area contributed by atoms with Crippen molar-refractivity contribution in [2.45, 2.75) is 6.92 Å². The Hall–Kier alpha value is -0.0600. The van der Waals surface area contributed by atoms with Crippen LogP contribution in [-0.2, 0) is 4.74 Å². The topological polar surface area (TPSA) is 21.3 Å². The second-order valence-electron chi connectivity index (χ2n) is 4.28. The minimum Gasteiger partial charge on any atom is -0.383 e. The smallest absolute Gasteiger partial charge is 0.0559 e. The molecule has 0 amide bonds. The molecular formula is C11H13Br2NO. The van der Waals surface area contributed by atoms with Crippen molar-refractivity contribution in [2.24, 2.45) is 5.41 Å². The van der Waals surface area contributed by atoms with E-state index in [0.29, 0.717) is 5.41 Å². The summed E-state index contributed by atoms with van der Waals surface area (Å²) in [6, 6.07) is 6.13. The molecule has 2 rings (SSSR count). The van der Waals surface area contributed by atoms with Gasteiger partial charge in [-0.2, -0.15) is 0 Å². The van der Waals surface area contributed by atoms with Gasteiger partial charge in [-0.3, -0.25) is 0 Å². The quantitative estimate of drug-likeness (QED) is 0.910. The molecule has 1 aromatic rings. The summed E-state index contributed by atoms with van der Waals surface area (Å²) in [6.07, 6.45) is 0. The maximum absolute atomic E-state index is 5.22. The number of anilines is 1. The van der Waals surface area contributed by atoms with E-state index in [1.807, 2.05) is 12.1 Å². The van der Waals surface area contributed by atoms with Crippen molar-refractivity contribution < 1.29 is 4.74 Å². The fourth-order valence-electron chi connectivity index (χ4n) is 1.49. The molecule has 1 saturated heterocycles. The zero-order valence-electron chi connectivity index (χ0n) is 8.52. The lowest BCUT2D eigenvalue weighted by Gasteiger charge is -2.38. The van der Waals surface area contributed by atoms with Gasteiger partial charge in [0, 0.05) is 26.6 Å². The van der Waals surface area contributed by atoms with Crippen molar-refractivity contribution in [3.05, 3.63) is 27.1 Å². The van der Waals surface area contributed by atoms with E-state index in [1.54, 1.807) is 0 Å². The zero-order valence-corrected chi connectivity index (χ0v) is 11.7. The van der Waals surface area contributed by atoms with Crippen molar-refractivity contribution in [2.75, 3.05) is 25.1 Å². The molecule has 0 aromatic heterocycles. The van der Waals surface area contributed by atoms with Gasteiger partial charge in [-0.1, -0.05) is 22.9 Å². The van der Waals surface area contributed by atoms with Crippen LogP contribution < -0.4 is 5.32 Å². The van der Waals surface area contributed by atoms with E-state index in [9.17, 15) is 0 Å². The molecule has 82 valence electrons. The largest absolute Gasteiger partial charge is 0.383 e. The van der Waals surface area contributed by atoms with Crippen LogP contribution in [0.15, 0.2) is 27.1 Å². The summed E-state index contributed by atoms with van der Waals surface area (Å²) >= 11 is 6.99. The standard InChI is InChI=1S/C11H13Br2NO/c1-11(6-15-7-11)5-14-10-4-8(12)2-3-9(10)13/h2-4,14H,5-7H2,1H3. The Morgan fingerprint density at radius 2 is 2.13 bits per heavy atom. The molecule has 0 atom stereocenters. The van der Waals surface area contributed by atoms with Gasteiger partial charge in [0.1, 0.15) is 0 Å². The maximum atomic E-state index is 5.22. The molecule has 1 aliphatic rings. The van der Waals surface area contributed by atoms with Gasteiger partial charge in [0.2, 0.25) is 0 Å². The number of hydrogen-bond acceptors (Lipinski definition) is 2. The summed E-state index contributed by atoms with van der Waals surface area (Å²) in [5, 5.41) is 3.44. The van der Waals surface area contributed by atoms with Crippen LogP contribution in [0.5, 0.6) is 0 Å². The highest BCUT2D eigenvalue weighted by Gasteiger charge is 2.33. The molecule has 1 heterocycles. The number of ether oxygens (including phenoxy) is 1. The molecule has 0 saturated carbocycles. The minimum atomic E-state index is 0.293. The van der Waals surface area contributed by atoms with Crippen molar-refractivity contribution in [3.8, 4) is 0 Å². The van der Waals surface area contributed by atoms with Gasteiger partial charge in [0.25, 0.3) is 0 Å². The van der Waals surface area contributed by atoms with Gasteiger partial charge in [-0.25, -0.2) is 0 Å². The summed E-state index contributed by atoms with van der Waals surface area (Å²) in [7, 11) is 0. The first kappa shape index (κ1) is 11.4. The number of benzene rings is 1. The molecule has 0 unspecified atom stereocenters. The van der Waals surface area contributed by atoms with Crippen LogP contribution in [0, 0.1) is 5.41 Å². The predicted octanol–water partition coefficient (Wildman–Crippen LogP) is 3.66. The van der Waals surface area contributed by atoms with Gasteiger partial charge in [0.15, 0.2) is 0 Å². The fraction of sp³-hybridized carbons (Fsp3) is 0.455. The Balaban J connectivity index is 2.01. The van der Waals surface area contributed by atoms with Crippen LogP contribution in [-0.4, -0.2) is 19.8 Å². The van der Waals surface area contributed by atoms with E-state index in [1.165, 1.54) is 0 Å². The van der Waals surface area contributed by atoms with Gasteiger partial charge in [-0.05, 0) is 34.1 Å². The average molecular weight is 335 g/mol. The summed E-state index contributed by atoms with van der Waals surface area (Å²) in [4.78, 5) is 0. The van der Waals surface area contributed by atoms with E-state index in [4.69, 9.17) is 4.74 Å². The van der Waals surface area contributed by atoms with Crippen molar-refractivity contribution in [1.82, 2.24) is 0 Å². The normalized spacial score (nSPS) is 18.3. The summed E-state index contributed by atoms with van der Waals surface area (Å²) in [5.74, 6) is 0. The lowest BCUT2D eigenvalue weighted by Crippen LogP contribution is -2.45. The number of hydrogen-bond donors (Lipinski definition) is 1. The Labute approximate surface area is 107 Å². The van der Waals surface area contributed by atoms with Gasteiger partial charge < -0.3 is 10.1 Å². The van der Waals surface area contributed by atoms with Crippen LogP contribution in [0.1, 0.15) is 6.92 Å². The summed E-state index contributed by atoms with van der Waals surface area (Å²) in [5.41, 5.74) is 1.42. The lowest BCUT2D eigenvalue weighted by molar-refractivity contribution is -0.0924. The van der Waals surface area contributed by atoms with E-state index in [-0.39, 0.29) is 0 Å². The van der Waals surface area contributed by atoms with E-state index >= 15 is 0 Å². The molecule has 0 aliphatic carbocycles. The van der Waals surface area contributed by atoms with Gasteiger partial charge in [0.05, 0.1) is 13.2 Å². The molecule has 1 fully saturated rings. The van der Waals surface area contributed by atoms with Crippen molar-refractivity contribution >= 4 is 37.5 Å². The number of rotatable bonds is 3. The van der Waals surface area contributed by atoms with Crippen LogP contribution in [0.3, 0.4) is 0 Å². The molecule has 0 spiro atoms. The highest BCUT2D eigenvalue weighted by Crippen LogP contribution is 2.30. The molecule has 0 bridgehead atoms. The molecule has 1 aromatic carbocycles. The fourth-order valence-corrected chi connectivity index (χ4v) is 2.24. The van der Waals surface area contributed by atoms with E-state index in [0.717, 1.165) is 34.4 Å². The molecule has 4 heteroatoms. The average Bonchev–Trinajstić information content (AvgIpc) is 2.17. The first-order chi connectivity index (χ1) is 7.09. The first-order valence-electron chi connectivity index (χ1n) is 4.86. The molecule has 15 heavy (non-hydrogen) atoms. The zero-order chi connectivity index (χ0) is 10.9. The monoisotopic (exact) mass is 333 g/mol. The lowest BCUT2D eigenvalue weighted by atomic mass is 9.89. The van der Waals surface area contributed by atoms with Crippen LogP contribution in [0.2, 0.25) is 0 Å². The predicted molar refractivity (Wildman–Crippen MR) is 69.3 cm³/mol. The molecule has 0 radical (unpaired) electrons. The van der Waals surface area contributed by atoms with Gasteiger partial charge in [-0.15, -0.1) is 0 Å². The molecule has 1 N–H and O–H groups in total. The van der Waals surface area contributed by atoms with E-state index < -0.39 is 0 Å². The highest BCUT2D eigenvalue weighted by atomic mass is 79.9. The maximum Gasteiger partial charge on any atom is 0.0559 e. The molecular weight excluding hydrogens is 322 g/mol. The Morgan fingerprint density at radius 3 is 2.73 bits per heavy atom. The third-order valence-electron chi connectivity index (χ3n) is 2.54. The van der Waals surface area contributed by atoms with Gasteiger partial charge >= 0.3 is 0 Å². The van der Waals surface area contributed by atoms with Crippen LogP contribution in [0.25, 0.3) is 0 Å². The molecule has 1 aliphatic heterocycles. The second-order valence-corrected chi connectivity index (χ2v) is 6.05. The second kappa shape index (κ2) is 4.44. The third-order valence-corrected chi connectivity index (χ3v) is 3.72. The summed E-state index contributed by atoms with van der Waals surface area (Å²) < 4.78 is 7.40. The van der Waals surface area contributed by atoms with Crippen molar-refractivity contribution in [1.29, 1.82) is 0 Å². The van der Waals surface area contributed by atoms with Crippen LogP contribution >= 0.6 is 31.9 Å². The molecule has 2 nitrogen and oxygen atoms in total. The third kappa shape index (κ3) is 2.74. The summed E-state index contributed by atoms with van der Waals surface area (Å²) in [6.45, 7) is 4.88. The van der Waals surface area contributed by atoms with Crippen LogP contribution in [0.4, 0.5) is 5.69 Å². The Bertz CT molecular complexity index is 364. The van der Waals surface area contributed by atoms with Crippen molar-refractivity contribution in [3.63, 3.8) is 0 Å². The SMILES string of the molecule is CC1(CNc2cc(Br)ccc2Br)COC1. The Kier molecular flexibility index (Phi) is 3.38. The number of nitrogens with one attached hydrogen (secondary N) is 1. The Morgan fingerprint density at radius 1 is 1.40 bits per heavy atom. The highest BCUT2D eigenvalue weighted by molar-refractivity contribution is 9.11. The first-order valence-corrected chi connectivity index (χ1v) is 6.44. The van der Waals surface area contributed by atoms with E-state index in [2.05, 4.69) is 50.2 Å².